The Hall–Kier alpha value is -6.56. The molecule has 3 saturated carbocycles. The van der Waals surface area contributed by atoms with Crippen LogP contribution in [0.5, 0.6) is 0 Å². The zero-order valence-corrected chi connectivity index (χ0v) is 41.1. The van der Waals surface area contributed by atoms with Crippen molar-refractivity contribution < 1.29 is 77.0 Å². The summed E-state index contributed by atoms with van der Waals surface area (Å²) >= 11 is 0. The molecule has 382 valence electrons. The van der Waals surface area contributed by atoms with E-state index in [0.717, 1.165) is 26.7 Å². The van der Waals surface area contributed by atoms with E-state index in [1.165, 1.54) is 26.0 Å². The van der Waals surface area contributed by atoms with Crippen molar-refractivity contribution in [3.05, 3.63) is 119 Å². The van der Waals surface area contributed by atoms with E-state index in [1.54, 1.807) is 92.7 Å². The summed E-state index contributed by atoms with van der Waals surface area (Å²) in [5.74, 6) is -7.91. The first kappa shape index (κ1) is 51.8. The van der Waals surface area contributed by atoms with Crippen LogP contribution < -0.4 is 5.32 Å². The van der Waals surface area contributed by atoms with Gasteiger partial charge in [0.25, 0.3) is 5.91 Å². The fourth-order valence-electron chi connectivity index (χ4n) is 11.5. The van der Waals surface area contributed by atoms with Crippen LogP contribution in [0, 0.1) is 22.7 Å². The molecule has 72 heavy (non-hydrogen) atoms. The van der Waals surface area contributed by atoms with Crippen LogP contribution >= 0.6 is 0 Å². The van der Waals surface area contributed by atoms with Gasteiger partial charge in [-0.15, -0.1) is 0 Å². The Bertz CT molecular complexity index is 2650. The number of hydrogen-bond donors (Lipinski definition) is 3. The lowest BCUT2D eigenvalue weighted by Gasteiger charge is -2.67. The lowest BCUT2D eigenvalue weighted by atomic mass is 9.44. The predicted octanol–water partition coefficient (Wildman–Crippen LogP) is 5.44. The van der Waals surface area contributed by atoms with Crippen molar-refractivity contribution in [2.45, 2.75) is 140 Å². The molecular weight excluding hydrogens is 931 g/mol. The third kappa shape index (κ3) is 9.49. The summed E-state index contributed by atoms with van der Waals surface area (Å²) in [7, 11) is 0. The molecule has 8 rings (SSSR count). The molecule has 17 nitrogen and oxygen atoms in total. The first-order valence-electron chi connectivity index (χ1n) is 24.4. The van der Waals surface area contributed by atoms with Crippen molar-refractivity contribution in [3.63, 3.8) is 0 Å². The number of carbonyl (C=O) groups excluding carboxylic acids is 8. The van der Waals surface area contributed by atoms with Crippen molar-refractivity contribution in [1.29, 1.82) is 0 Å². The van der Waals surface area contributed by atoms with Crippen LogP contribution in [-0.4, -0.2) is 112 Å². The molecular formula is C55H61NO16. The molecule has 1 unspecified atom stereocenters. The van der Waals surface area contributed by atoms with Gasteiger partial charge in [0.2, 0.25) is 6.10 Å². The zero-order valence-electron chi connectivity index (χ0n) is 41.1. The molecule has 17 heteroatoms. The Kier molecular flexibility index (Phi) is 14.5. The highest BCUT2D eigenvalue weighted by Gasteiger charge is 2.78. The maximum Gasteiger partial charge on any atom is 0.350 e. The molecule has 2 bridgehead atoms. The second kappa shape index (κ2) is 20.2. The standard InChI is InChI=1S/C55H61NO16/c1-30-38(69-51(65)45(70-41(61)24-16-23-37(59)33-25-26-33)43(34-17-10-7-11-18-34)56-49(63)35-19-12-8-13-20-35)28-55(66)48(71-50(64)36-21-14-9-15-22-36)46-53(6,39(60)27-40-54(46,29-67-40)72-32(3)58)47(62)44(68-31(2)57)42(30)52(55,4)5/h7-15,17-22,33,38-40,43-46,48,60,66H,16,23-29H2,1-6H3,(H,56,63)/t38-,39-,40+,43-,44+,45?,46-,48-,53+,54-,55+/m0/s1. The normalized spacial score (nSPS) is 30.0. The smallest absolute Gasteiger partial charge is 0.350 e. The molecule has 0 spiro atoms. The Balaban J connectivity index is 1.27. The second-order valence-electron chi connectivity index (χ2n) is 20.4. The Morgan fingerprint density at radius 1 is 0.806 bits per heavy atom. The summed E-state index contributed by atoms with van der Waals surface area (Å²) in [5.41, 5.74) is -7.43. The van der Waals surface area contributed by atoms with Gasteiger partial charge >= 0.3 is 29.8 Å². The number of amides is 1. The highest BCUT2D eigenvalue weighted by atomic mass is 16.6. The van der Waals surface area contributed by atoms with Gasteiger partial charge in [-0.1, -0.05) is 80.6 Å². The molecule has 1 aliphatic heterocycles. The maximum atomic E-state index is 15.7. The van der Waals surface area contributed by atoms with Crippen LogP contribution in [0.1, 0.15) is 119 Å². The molecule has 0 aromatic heterocycles. The first-order valence-corrected chi connectivity index (χ1v) is 24.4. The number of ether oxygens (including phenoxy) is 6. The molecule has 11 atom stereocenters. The average Bonchev–Trinajstić information content (AvgIpc) is 4.20. The number of Topliss-reactive ketones (excluding diaryl/α,β-unsaturated/α-hetero) is 2. The SMILES string of the molecule is CC(=O)O[C@H]1C(=O)[C@@]2(C)[C@H]([C@H](OC(=O)c3ccccc3)[C@]3(O)C[C@H](OC(=O)C(OC(=O)CCCC(=O)C4CC4)[C@@H](NC(=O)c4ccccc4)c4ccccc4)C(C)=C1C3(C)C)[C@]1(OC(C)=O)CO[C@@H]1C[C@@H]2O. The predicted molar refractivity (Wildman–Crippen MR) is 253 cm³/mol. The maximum absolute atomic E-state index is 15.7. The van der Waals surface area contributed by atoms with Crippen molar-refractivity contribution in [1.82, 2.24) is 5.32 Å². The van der Waals surface area contributed by atoms with Crippen molar-refractivity contribution in [2.75, 3.05) is 6.61 Å². The van der Waals surface area contributed by atoms with E-state index in [4.69, 9.17) is 28.4 Å². The number of carbonyl (C=O) groups is 8. The molecule has 3 N–H and O–H groups in total. The fourth-order valence-corrected chi connectivity index (χ4v) is 11.5. The van der Waals surface area contributed by atoms with Gasteiger partial charge in [-0.2, -0.15) is 0 Å². The number of nitrogens with one attached hydrogen (secondary N) is 1. The minimum Gasteiger partial charge on any atom is -0.455 e. The molecule has 4 fully saturated rings. The molecule has 1 heterocycles. The fraction of sp³-hybridized carbons (Fsp3) is 0.491. The summed E-state index contributed by atoms with van der Waals surface area (Å²) in [6.07, 6.45) is -9.21. The van der Waals surface area contributed by atoms with Crippen LogP contribution in [0.15, 0.2) is 102 Å². The van der Waals surface area contributed by atoms with Gasteiger partial charge in [0.05, 0.1) is 29.6 Å². The third-order valence-corrected chi connectivity index (χ3v) is 15.6. The number of fused-ring (bicyclic) bond motifs is 5. The summed E-state index contributed by atoms with van der Waals surface area (Å²) in [4.78, 5) is 112. The van der Waals surface area contributed by atoms with Gasteiger partial charge in [0.1, 0.15) is 35.7 Å². The summed E-state index contributed by atoms with van der Waals surface area (Å²) in [6, 6.07) is 22.8. The van der Waals surface area contributed by atoms with Crippen LogP contribution in [-0.2, 0) is 57.2 Å². The van der Waals surface area contributed by atoms with E-state index in [2.05, 4.69) is 5.32 Å². The minimum absolute atomic E-state index is 0.0236. The molecule has 3 aromatic carbocycles. The quantitative estimate of drug-likeness (QED) is 0.0920. The van der Waals surface area contributed by atoms with Gasteiger partial charge in [0, 0.05) is 56.4 Å². The number of hydrogen-bond acceptors (Lipinski definition) is 16. The van der Waals surface area contributed by atoms with Crippen molar-refractivity contribution in [2.24, 2.45) is 22.7 Å². The van der Waals surface area contributed by atoms with Crippen LogP contribution in [0.25, 0.3) is 0 Å². The van der Waals surface area contributed by atoms with Crippen molar-refractivity contribution in [3.8, 4) is 0 Å². The van der Waals surface area contributed by atoms with Gasteiger partial charge in [-0.05, 0) is 74.1 Å². The van der Waals surface area contributed by atoms with E-state index in [-0.39, 0.29) is 66.3 Å². The summed E-state index contributed by atoms with van der Waals surface area (Å²) < 4.78 is 36.8. The molecule has 0 radical (unpaired) electrons. The van der Waals surface area contributed by atoms with Gasteiger partial charge < -0.3 is 44.0 Å². The van der Waals surface area contributed by atoms with E-state index in [0.29, 0.717) is 5.56 Å². The first-order chi connectivity index (χ1) is 34.1. The van der Waals surface area contributed by atoms with Crippen LogP contribution in [0.2, 0.25) is 0 Å². The van der Waals surface area contributed by atoms with E-state index >= 15 is 9.59 Å². The largest absolute Gasteiger partial charge is 0.455 e. The summed E-state index contributed by atoms with van der Waals surface area (Å²) in [6.45, 7) is 7.89. The van der Waals surface area contributed by atoms with Gasteiger partial charge in [0.15, 0.2) is 17.5 Å². The number of esters is 5. The minimum atomic E-state index is -2.47. The number of rotatable bonds is 16. The lowest BCUT2D eigenvalue weighted by molar-refractivity contribution is -0.346. The number of aliphatic hydroxyl groups excluding tert-OH is 1. The summed E-state index contributed by atoms with van der Waals surface area (Å²) in [5, 5.41) is 29.0. The zero-order chi connectivity index (χ0) is 51.9. The number of benzene rings is 3. The van der Waals surface area contributed by atoms with Crippen LogP contribution in [0.4, 0.5) is 0 Å². The topological polar surface area (TPSA) is 244 Å². The van der Waals surface area contributed by atoms with Gasteiger partial charge in [-0.3, -0.25) is 28.8 Å². The Morgan fingerprint density at radius 3 is 1.99 bits per heavy atom. The lowest BCUT2D eigenvalue weighted by Crippen LogP contribution is -2.82. The second-order valence-corrected chi connectivity index (χ2v) is 20.4. The molecule has 3 aromatic rings. The van der Waals surface area contributed by atoms with Gasteiger partial charge in [-0.25, -0.2) is 9.59 Å². The Morgan fingerprint density at radius 2 is 1.42 bits per heavy atom. The monoisotopic (exact) mass is 991 g/mol. The van der Waals surface area contributed by atoms with E-state index in [9.17, 15) is 39.0 Å². The van der Waals surface area contributed by atoms with Crippen LogP contribution in [0.3, 0.4) is 0 Å². The molecule has 5 aliphatic rings. The number of aliphatic hydroxyl groups is 2. The molecule has 1 amide bonds. The van der Waals surface area contributed by atoms with Crippen molar-refractivity contribution >= 4 is 47.3 Å². The third-order valence-electron chi connectivity index (χ3n) is 15.6. The highest BCUT2D eigenvalue weighted by Crippen LogP contribution is 2.64. The average molecular weight is 992 g/mol. The molecule has 4 aliphatic carbocycles. The number of ketones is 2. The highest BCUT2D eigenvalue weighted by molar-refractivity contribution is 5.96. The Labute approximate surface area is 416 Å². The van der Waals surface area contributed by atoms with E-state index < -0.39 is 119 Å². The molecule has 1 saturated heterocycles. The van der Waals surface area contributed by atoms with E-state index in [1.807, 2.05) is 0 Å².